The van der Waals surface area contributed by atoms with Gasteiger partial charge in [-0.15, -0.1) is 0 Å². The molecule has 6 heteroatoms. The van der Waals surface area contributed by atoms with E-state index < -0.39 is 0 Å². The van der Waals surface area contributed by atoms with Gasteiger partial charge in [0.2, 0.25) is 0 Å². The minimum absolute atomic E-state index is 0.119. The van der Waals surface area contributed by atoms with E-state index in [0.717, 1.165) is 16.7 Å². The molecule has 1 aromatic heterocycles. The Morgan fingerprint density at radius 3 is 2.67 bits per heavy atom. The summed E-state index contributed by atoms with van der Waals surface area (Å²) in [6, 6.07) is 16.8. The predicted octanol–water partition coefficient (Wildman–Crippen LogP) is 4.75. The van der Waals surface area contributed by atoms with Crippen molar-refractivity contribution in [1.82, 2.24) is 5.43 Å². The molecule has 1 N–H and O–H groups in total. The van der Waals surface area contributed by atoms with E-state index in [4.69, 9.17) is 20.8 Å². The number of carbonyl (C=O) groups excluding carboxylic acids is 1. The van der Waals surface area contributed by atoms with Gasteiger partial charge in [-0.3, -0.25) is 4.79 Å². The summed E-state index contributed by atoms with van der Waals surface area (Å²) in [5.74, 6) is 1.46. The molecule has 5 nitrogen and oxygen atoms in total. The first-order valence-electron chi connectivity index (χ1n) is 8.39. The molecule has 0 atom stereocenters. The van der Waals surface area contributed by atoms with Crippen molar-refractivity contribution < 1.29 is 13.9 Å². The highest BCUT2D eigenvalue weighted by atomic mass is 35.5. The number of rotatable bonds is 6. The van der Waals surface area contributed by atoms with Crippen LogP contribution in [0, 0.1) is 13.8 Å². The number of nitrogens with one attached hydrogen (secondary N) is 1. The second kappa shape index (κ2) is 8.56. The SMILES string of the molecule is Cc1ccc(OCC(=O)N/N=C/c2ccc(-c3ccc(C)c(Cl)c3)o2)cc1. The first-order valence-corrected chi connectivity index (χ1v) is 8.77. The van der Waals surface area contributed by atoms with E-state index in [1.54, 1.807) is 6.07 Å². The summed E-state index contributed by atoms with van der Waals surface area (Å²) in [5, 5.41) is 4.56. The summed E-state index contributed by atoms with van der Waals surface area (Å²) in [6.07, 6.45) is 1.43. The lowest BCUT2D eigenvalue weighted by atomic mass is 10.1. The van der Waals surface area contributed by atoms with Gasteiger partial charge >= 0.3 is 0 Å². The van der Waals surface area contributed by atoms with Crippen molar-refractivity contribution in [3.8, 4) is 17.1 Å². The molecular formula is C21H19ClN2O3. The fourth-order valence-electron chi connectivity index (χ4n) is 2.31. The third kappa shape index (κ3) is 5.21. The van der Waals surface area contributed by atoms with Crippen LogP contribution in [-0.2, 0) is 4.79 Å². The third-order valence-electron chi connectivity index (χ3n) is 3.86. The zero-order valence-electron chi connectivity index (χ0n) is 15.0. The zero-order chi connectivity index (χ0) is 19.2. The van der Waals surface area contributed by atoms with Crippen LogP contribution in [0.5, 0.6) is 5.75 Å². The van der Waals surface area contributed by atoms with Crippen LogP contribution in [0.3, 0.4) is 0 Å². The number of hydrogen-bond donors (Lipinski definition) is 1. The Kier molecular flexibility index (Phi) is 5.94. The molecule has 0 spiro atoms. The summed E-state index contributed by atoms with van der Waals surface area (Å²) in [6.45, 7) is 3.81. The number of carbonyl (C=O) groups is 1. The average molecular weight is 383 g/mol. The molecule has 138 valence electrons. The van der Waals surface area contributed by atoms with Crippen molar-refractivity contribution in [2.75, 3.05) is 6.61 Å². The number of aryl methyl sites for hydroxylation is 2. The summed E-state index contributed by atoms with van der Waals surface area (Å²) < 4.78 is 11.1. The molecule has 27 heavy (non-hydrogen) atoms. The van der Waals surface area contributed by atoms with Crippen molar-refractivity contribution in [3.05, 3.63) is 76.5 Å². The molecule has 0 aliphatic rings. The van der Waals surface area contributed by atoms with E-state index in [2.05, 4.69) is 10.5 Å². The van der Waals surface area contributed by atoms with Crippen LogP contribution >= 0.6 is 11.6 Å². The van der Waals surface area contributed by atoms with Crippen molar-refractivity contribution in [2.24, 2.45) is 5.10 Å². The summed E-state index contributed by atoms with van der Waals surface area (Å²) in [4.78, 5) is 11.8. The topological polar surface area (TPSA) is 63.8 Å². The maximum atomic E-state index is 11.8. The van der Waals surface area contributed by atoms with Crippen LogP contribution in [0.4, 0.5) is 0 Å². The number of furan rings is 1. The van der Waals surface area contributed by atoms with Crippen LogP contribution in [0.2, 0.25) is 5.02 Å². The first-order chi connectivity index (χ1) is 13.0. The Labute approximate surface area is 162 Å². The number of ether oxygens (including phenoxy) is 1. The van der Waals surface area contributed by atoms with Gasteiger partial charge in [0.15, 0.2) is 6.61 Å². The maximum absolute atomic E-state index is 11.8. The van der Waals surface area contributed by atoms with Crippen LogP contribution in [-0.4, -0.2) is 18.7 Å². The quantitative estimate of drug-likeness (QED) is 0.494. The Morgan fingerprint density at radius 2 is 1.93 bits per heavy atom. The largest absolute Gasteiger partial charge is 0.484 e. The minimum atomic E-state index is -0.357. The van der Waals surface area contributed by atoms with Gasteiger partial charge in [-0.1, -0.05) is 41.4 Å². The van der Waals surface area contributed by atoms with Crippen molar-refractivity contribution in [1.29, 1.82) is 0 Å². The van der Waals surface area contributed by atoms with Crippen LogP contribution < -0.4 is 10.2 Å². The molecule has 0 saturated carbocycles. The monoisotopic (exact) mass is 382 g/mol. The van der Waals surface area contributed by atoms with Gasteiger partial charge in [0.1, 0.15) is 17.3 Å². The van der Waals surface area contributed by atoms with E-state index in [9.17, 15) is 4.79 Å². The standard InChI is InChI=1S/C21H19ClN2O3/c1-14-3-7-17(8-4-14)26-13-21(25)24-23-12-18-9-10-20(27-18)16-6-5-15(2)19(22)11-16/h3-12H,13H2,1-2H3,(H,24,25)/b23-12+. The minimum Gasteiger partial charge on any atom is -0.484 e. The second-order valence-electron chi connectivity index (χ2n) is 6.06. The number of nitrogens with zero attached hydrogens (tertiary/aromatic N) is 1. The Bertz CT molecular complexity index is 962. The molecule has 3 rings (SSSR count). The molecule has 3 aromatic rings. The van der Waals surface area contributed by atoms with Gasteiger partial charge in [0.25, 0.3) is 5.91 Å². The molecule has 0 fully saturated rings. The van der Waals surface area contributed by atoms with E-state index in [1.807, 2.05) is 62.4 Å². The lowest BCUT2D eigenvalue weighted by molar-refractivity contribution is -0.123. The molecule has 2 aromatic carbocycles. The van der Waals surface area contributed by atoms with Gasteiger partial charge in [-0.2, -0.15) is 5.10 Å². The molecule has 0 aliphatic carbocycles. The molecule has 0 aliphatic heterocycles. The smallest absolute Gasteiger partial charge is 0.277 e. The number of hydrazone groups is 1. The molecule has 1 amide bonds. The fraction of sp³-hybridized carbons (Fsp3) is 0.143. The molecule has 0 unspecified atom stereocenters. The molecular weight excluding hydrogens is 364 g/mol. The average Bonchev–Trinajstić information content (AvgIpc) is 3.12. The number of hydrogen-bond acceptors (Lipinski definition) is 4. The number of benzene rings is 2. The van der Waals surface area contributed by atoms with Gasteiger partial charge in [0.05, 0.1) is 6.21 Å². The normalized spacial score (nSPS) is 10.9. The van der Waals surface area contributed by atoms with Gasteiger partial charge < -0.3 is 9.15 Å². The summed E-state index contributed by atoms with van der Waals surface area (Å²) in [7, 11) is 0. The van der Waals surface area contributed by atoms with Crippen LogP contribution in [0.25, 0.3) is 11.3 Å². The molecule has 0 saturated heterocycles. The molecule has 0 radical (unpaired) electrons. The Hall–Kier alpha value is -3.05. The maximum Gasteiger partial charge on any atom is 0.277 e. The lowest BCUT2D eigenvalue weighted by Gasteiger charge is -2.04. The van der Waals surface area contributed by atoms with Crippen molar-refractivity contribution in [2.45, 2.75) is 13.8 Å². The van der Waals surface area contributed by atoms with Crippen LogP contribution in [0.15, 0.2) is 64.1 Å². The summed E-state index contributed by atoms with van der Waals surface area (Å²) in [5.41, 5.74) is 5.41. The highest BCUT2D eigenvalue weighted by Gasteiger charge is 2.06. The second-order valence-corrected chi connectivity index (χ2v) is 6.47. The van der Waals surface area contributed by atoms with Crippen molar-refractivity contribution in [3.63, 3.8) is 0 Å². The first kappa shape index (κ1) is 18.7. The lowest BCUT2D eigenvalue weighted by Crippen LogP contribution is -2.24. The zero-order valence-corrected chi connectivity index (χ0v) is 15.8. The van der Waals surface area contributed by atoms with Crippen molar-refractivity contribution >= 4 is 23.7 Å². The fourth-order valence-corrected chi connectivity index (χ4v) is 2.49. The Balaban J connectivity index is 1.52. The number of amides is 1. The summed E-state index contributed by atoms with van der Waals surface area (Å²) >= 11 is 6.14. The van der Waals surface area contributed by atoms with E-state index in [-0.39, 0.29) is 12.5 Å². The highest BCUT2D eigenvalue weighted by Crippen LogP contribution is 2.26. The van der Waals surface area contributed by atoms with Gasteiger partial charge in [-0.05, 0) is 49.7 Å². The van der Waals surface area contributed by atoms with E-state index >= 15 is 0 Å². The van der Waals surface area contributed by atoms with E-state index in [0.29, 0.717) is 22.3 Å². The highest BCUT2D eigenvalue weighted by molar-refractivity contribution is 6.31. The molecule has 1 heterocycles. The Morgan fingerprint density at radius 1 is 1.15 bits per heavy atom. The van der Waals surface area contributed by atoms with E-state index in [1.165, 1.54) is 6.21 Å². The van der Waals surface area contributed by atoms with Gasteiger partial charge in [0, 0.05) is 10.6 Å². The van der Waals surface area contributed by atoms with Gasteiger partial charge in [-0.25, -0.2) is 5.43 Å². The third-order valence-corrected chi connectivity index (χ3v) is 4.26. The number of halogens is 1. The predicted molar refractivity (Wildman–Crippen MR) is 106 cm³/mol. The van der Waals surface area contributed by atoms with Crippen LogP contribution in [0.1, 0.15) is 16.9 Å². The molecule has 0 bridgehead atoms.